The van der Waals surface area contributed by atoms with Crippen LogP contribution in [0.3, 0.4) is 0 Å². The Morgan fingerprint density at radius 3 is 2.55 bits per heavy atom. The van der Waals surface area contributed by atoms with E-state index < -0.39 is 0 Å². The van der Waals surface area contributed by atoms with Crippen LogP contribution in [0.25, 0.3) is 0 Å². The predicted molar refractivity (Wildman–Crippen MR) is 87.7 cm³/mol. The van der Waals surface area contributed by atoms with Crippen molar-refractivity contribution in [2.45, 2.75) is 27.2 Å². The maximum Gasteiger partial charge on any atom is 0.0399 e. The minimum atomic E-state index is 1.08. The van der Waals surface area contributed by atoms with E-state index in [1.165, 1.54) is 42.9 Å². The Balaban J connectivity index is 1.80. The van der Waals surface area contributed by atoms with Crippen LogP contribution in [0.1, 0.15) is 24.5 Å². The standard InChI is InChI=1S/C17H29N3/c1-4-18-9-6-10-19-11-13-20(14-12-19)17-8-5-7-15(2)16(17)3/h5,7-8,18H,4,6,9-14H2,1-3H3. The quantitative estimate of drug-likeness (QED) is 0.805. The molecule has 1 heterocycles. The molecule has 1 aromatic carbocycles. The van der Waals surface area contributed by atoms with Gasteiger partial charge in [0.05, 0.1) is 0 Å². The fourth-order valence-corrected chi connectivity index (χ4v) is 2.90. The Morgan fingerprint density at radius 2 is 1.85 bits per heavy atom. The molecule has 1 N–H and O–H groups in total. The van der Waals surface area contributed by atoms with Crippen LogP contribution in [0.5, 0.6) is 0 Å². The summed E-state index contributed by atoms with van der Waals surface area (Å²) in [5.74, 6) is 0. The number of hydrogen-bond donors (Lipinski definition) is 1. The second kappa shape index (κ2) is 7.65. The molecule has 0 aliphatic carbocycles. The fourth-order valence-electron chi connectivity index (χ4n) is 2.90. The van der Waals surface area contributed by atoms with Gasteiger partial charge in [0.25, 0.3) is 0 Å². The molecular formula is C17H29N3. The van der Waals surface area contributed by atoms with E-state index in [1.54, 1.807) is 0 Å². The number of hydrogen-bond acceptors (Lipinski definition) is 3. The van der Waals surface area contributed by atoms with Gasteiger partial charge in [0.1, 0.15) is 0 Å². The zero-order valence-corrected chi connectivity index (χ0v) is 13.3. The van der Waals surface area contributed by atoms with Gasteiger partial charge in [0.2, 0.25) is 0 Å². The lowest BCUT2D eigenvalue weighted by atomic mass is 10.1. The van der Waals surface area contributed by atoms with Crippen LogP contribution in [0.4, 0.5) is 5.69 Å². The fraction of sp³-hybridized carbons (Fsp3) is 0.647. The van der Waals surface area contributed by atoms with Gasteiger partial charge in [-0.2, -0.15) is 0 Å². The summed E-state index contributed by atoms with van der Waals surface area (Å²) in [6.45, 7) is 14.8. The molecule has 0 amide bonds. The summed E-state index contributed by atoms with van der Waals surface area (Å²) in [5.41, 5.74) is 4.26. The van der Waals surface area contributed by atoms with Gasteiger partial charge >= 0.3 is 0 Å². The summed E-state index contributed by atoms with van der Waals surface area (Å²) in [5, 5.41) is 3.40. The predicted octanol–water partition coefficient (Wildman–Crippen LogP) is 2.43. The van der Waals surface area contributed by atoms with Gasteiger partial charge in [-0.1, -0.05) is 19.1 Å². The SMILES string of the molecule is CCNCCCN1CCN(c2cccc(C)c2C)CC1. The van der Waals surface area contributed by atoms with E-state index in [9.17, 15) is 0 Å². The van der Waals surface area contributed by atoms with Crippen LogP contribution in [0.15, 0.2) is 18.2 Å². The number of anilines is 1. The highest BCUT2D eigenvalue weighted by Crippen LogP contribution is 2.23. The Bertz CT molecular complexity index is 409. The van der Waals surface area contributed by atoms with Gasteiger partial charge in [-0.15, -0.1) is 0 Å². The summed E-state index contributed by atoms with van der Waals surface area (Å²) in [6.07, 6.45) is 1.26. The molecule has 20 heavy (non-hydrogen) atoms. The van der Waals surface area contributed by atoms with Gasteiger partial charge in [0, 0.05) is 31.9 Å². The van der Waals surface area contributed by atoms with Crippen LogP contribution in [-0.2, 0) is 0 Å². The number of nitrogens with one attached hydrogen (secondary N) is 1. The number of rotatable bonds is 6. The number of piperazine rings is 1. The normalized spacial score (nSPS) is 16.6. The van der Waals surface area contributed by atoms with Crippen molar-refractivity contribution in [1.82, 2.24) is 10.2 Å². The monoisotopic (exact) mass is 275 g/mol. The molecule has 1 saturated heterocycles. The minimum Gasteiger partial charge on any atom is -0.369 e. The zero-order valence-electron chi connectivity index (χ0n) is 13.3. The highest BCUT2D eigenvalue weighted by Gasteiger charge is 2.18. The third-order valence-electron chi connectivity index (χ3n) is 4.37. The van der Waals surface area contributed by atoms with Gasteiger partial charge in [-0.3, -0.25) is 4.90 Å². The van der Waals surface area contributed by atoms with E-state index >= 15 is 0 Å². The van der Waals surface area contributed by atoms with E-state index in [2.05, 4.69) is 54.1 Å². The molecule has 0 saturated carbocycles. The Morgan fingerprint density at radius 1 is 1.10 bits per heavy atom. The van der Waals surface area contributed by atoms with Crippen molar-refractivity contribution >= 4 is 5.69 Å². The highest BCUT2D eigenvalue weighted by molar-refractivity contribution is 5.56. The first-order chi connectivity index (χ1) is 9.72. The highest BCUT2D eigenvalue weighted by atomic mass is 15.3. The van der Waals surface area contributed by atoms with Gasteiger partial charge < -0.3 is 10.2 Å². The molecule has 0 aromatic heterocycles. The van der Waals surface area contributed by atoms with Crippen LogP contribution < -0.4 is 10.2 Å². The molecule has 1 aliphatic heterocycles. The average molecular weight is 275 g/mol. The second-order valence-corrected chi connectivity index (χ2v) is 5.75. The van der Waals surface area contributed by atoms with Gasteiger partial charge in [-0.05, 0) is 57.1 Å². The average Bonchev–Trinajstić information content (AvgIpc) is 2.47. The van der Waals surface area contributed by atoms with E-state index in [4.69, 9.17) is 0 Å². The lowest BCUT2D eigenvalue weighted by Gasteiger charge is -2.37. The molecule has 3 heteroatoms. The van der Waals surface area contributed by atoms with Crippen LogP contribution in [-0.4, -0.2) is 50.7 Å². The third kappa shape index (κ3) is 3.97. The summed E-state index contributed by atoms with van der Waals surface area (Å²) in [7, 11) is 0. The van der Waals surface area contributed by atoms with Crippen molar-refractivity contribution in [3.63, 3.8) is 0 Å². The number of aryl methyl sites for hydroxylation is 1. The molecule has 1 aliphatic rings. The molecule has 0 spiro atoms. The van der Waals surface area contributed by atoms with E-state index in [0.717, 1.165) is 26.2 Å². The maximum atomic E-state index is 3.40. The summed E-state index contributed by atoms with van der Waals surface area (Å²) >= 11 is 0. The molecule has 0 bridgehead atoms. The molecule has 0 radical (unpaired) electrons. The van der Waals surface area contributed by atoms with Crippen molar-refractivity contribution < 1.29 is 0 Å². The van der Waals surface area contributed by atoms with Crippen molar-refractivity contribution in [3.05, 3.63) is 29.3 Å². The van der Waals surface area contributed by atoms with Crippen molar-refractivity contribution in [3.8, 4) is 0 Å². The molecule has 3 nitrogen and oxygen atoms in total. The lowest BCUT2D eigenvalue weighted by molar-refractivity contribution is 0.254. The van der Waals surface area contributed by atoms with Crippen LogP contribution in [0, 0.1) is 13.8 Å². The lowest BCUT2D eigenvalue weighted by Crippen LogP contribution is -2.47. The molecule has 0 unspecified atom stereocenters. The first kappa shape index (κ1) is 15.3. The second-order valence-electron chi connectivity index (χ2n) is 5.75. The van der Waals surface area contributed by atoms with E-state index in [1.807, 2.05) is 0 Å². The molecule has 2 rings (SSSR count). The first-order valence-electron chi connectivity index (χ1n) is 7.96. The zero-order chi connectivity index (χ0) is 14.4. The van der Waals surface area contributed by atoms with Crippen molar-refractivity contribution in [1.29, 1.82) is 0 Å². The Kier molecular flexibility index (Phi) is 5.86. The molecule has 112 valence electrons. The Hall–Kier alpha value is -1.06. The van der Waals surface area contributed by atoms with Crippen LogP contribution in [0.2, 0.25) is 0 Å². The molecule has 1 fully saturated rings. The molecular weight excluding hydrogens is 246 g/mol. The molecule has 0 atom stereocenters. The van der Waals surface area contributed by atoms with E-state index in [-0.39, 0.29) is 0 Å². The number of nitrogens with zero attached hydrogens (tertiary/aromatic N) is 2. The third-order valence-corrected chi connectivity index (χ3v) is 4.37. The molecule has 1 aromatic rings. The summed E-state index contributed by atoms with van der Waals surface area (Å²) < 4.78 is 0. The Labute approximate surface area is 124 Å². The maximum absolute atomic E-state index is 3.40. The first-order valence-corrected chi connectivity index (χ1v) is 7.96. The smallest absolute Gasteiger partial charge is 0.0399 e. The van der Waals surface area contributed by atoms with Gasteiger partial charge in [0.15, 0.2) is 0 Å². The largest absolute Gasteiger partial charge is 0.369 e. The van der Waals surface area contributed by atoms with Gasteiger partial charge in [-0.25, -0.2) is 0 Å². The topological polar surface area (TPSA) is 18.5 Å². The minimum absolute atomic E-state index is 1.08. The summed E-state index contributed by atoms with van der Waals surface area (Å²) in [6, 6.07) is 6.65. The van der Waals surface area contributed by atoms with Crippen LogP contribution >= 0.6 is 0 Å². The summed E-state index contributed by atoms with van der Waals surface area (Å²) in [4.78, 5) is 5.14. The number of benzene rings is 1. The van der Waals surface area contributed by atoms with Crippen molar-refractivity contribution in [2.75, 3.05) is 50.7 Å². The van der Waals surface area contributed by atoms with E-state index in [0.29, 0.717) is 0 Å². The van der Waals surface area contributed by atoms with Crippen molar-refractivity contribution in [2.24, 2.45) is 0 Å².